The third-order valence-corrected chi connectivity index (χ3v) is 5.77. The minimum Gasteiger partial charge on any atom is -0.486 e. The van der Waals surface area contributed by atoms with E-state index in [0.29, 0.717) is 42.8 Å². The molecular formula is C20H27ClN4O3S. The number of guanidine groups is 1. The first-order valence-electron chi connectivity index (χ1n) is 9.56. The molecule has 0 spiro atoms. The Morgan fingerprint density at radius 3 is 2.97 bits per heavy atom. The number of ether oxygens (including phenoxy) is 3. The van der Waals surface area contributed by atoms with E-state index in [4.69, 9.17) is 30.8 Å². The number of hydrogen-bond donors (Lipinski definition) is 1. The van der Waals surface area contributed by atoms with Gasteiger partial charge in [0.25, 0.3) is 0 Å². The Kier molecular flexibility index (Phi) is 7.57. The van der Waals surface area contributed by atoms with Crippen molar-refractivity contribution in [3.8, 4) is 11.5 Å². The molecule has 1 aliphatic rings. The summed E-state index contributed by atoms with van der Waals surface area (Å²) in [6.45, 7) is 6.99. The van der Waals surface area contributed by atoms with Crippen molar-refractivity contribution in [3.63, 3.8) is 0 Å². The fraction of sp³-hybridized carbons (Fsp3) is 0.500. The minimum atomic E-state index is 0.000849. The van der Waals surface area contributed by atoms with Gasteiger partial charge >= 0.3 is 0 Å². The predicted molar refractivity (Wildman–Crippen MR) is 116 cm³/mol. The van der Waals surface area contributed by atoms with Crippen LogP contribution in [0.1, 0.15) is 36.2 Å². The van der Waals surface area contributed by atoms with Crippen molar-refractivity contribution in [2.24, 2.45) is 4.99 Å². The second kappa shape index (κ2) is 10.1. The van der Waals surface area contributed by atoms with Gasteiger partial charge < -0.3 is 24.4 Å². The van der Waals surface area contributed by atoms with Crippen LogP contribution < -0.4 is 14.8 Å². The van der Waals surface area contributed by atoms with Crippen LogP contribution in [0, 0.1) is 0 Å². The zero-order chi connectivity index (χ0) is 20.8. The lowest BCUT2D eigenvalue weighted by Gasteiger charge is -2.22. The number of fused-ring (bicyclic) bond motifs is 1. The highest BCUT2D eigenvalue weighted by atomic mass is 35.5. The number of thiazole rings is 1. The van der Waals surface area contributed by atoms with Crippen LogP contribution in [0.25, 0.3) is 0 Å². The summed E-state index contributed by atoms with van der Waals surface area (Å²) in [5.41, 5.74) is 1.96. The highest BCUT2D eigenvalue weighted by molar-refractivity contribution is 7.09. The number of nitrogens with one attached hydrogen (secondary N) is 1. The number of benzene rings is 1. The zero-order valence-corrected chi connectivity index (χ0v) is 18.8. The molecule has 0 amide bonds. The molecule has 9 heteroatoms. The van der Waals surface area contributed by atoms with E-state index in [-0.39, 0.29) is 6.10 Å². The SMILES string of the molecule is CCNC(=NCc1cc(Cl)c2c(c1)OCCO2)N(C)Cc1csc(C(C)OC)n1. The molecule has 1 atom stereocenters. The van der Waals surface area contributed by atoms with Gasteiger partial charge in [-0.25, -0.2) is 9.98 Å². The summed E-state index contributed by atoms with van der Waals surface area (Å²) < 4.78 is 16.6. The number of nitrogens with zero attached hydrogens (tertiary/aromatic N) is 3. The molecular weight excluding hydrogens is 412 g/mol. The number of methoxy groups -OCH3 is 1. The average Bonchev–Trinajstić information content (AvgIpc) is 3.19. The Bertz CT molecular complexity index is 858. The van der Waals surface area contributed by atoms with Gasteiger partial charge in [0.1, 0.15) is 24.3 Å². The summed E-state index contributed by atoms with van der Waals surface area (Å²) >= 11 is 7.95. The molecule has 1 unspecified atom stereocenters. The van der Waals surface area contributed by atoms with Gasteiger partial charge in [0, 0.05) is 26.1 Å². The van der Waals surface area contributed by atoms with Crippen LogP contribution in [-0.2, 0) is 17.8 Å². The molecule has 158 valence electrons. The Balaban J connectivity index is 1.70. The lowest BCUT2D eigenvalue weighted by molar-refractivity contribution is 0.119. The van der Waals surface area contributed by atoms with Crippen LogP contribution in [0.5, 0.6) is 11.5 Å². The van der Waals surface area contributed by atoms with E-state index in [1.807, 2.05) is 33.0 Å². The molecule has 1 aromatic carbocycles. The highest BCUT2D eigenvalue weighted by Gasteiger charge is 2.17. The molecule has 0 aliphatic carbocycles. The van der Waals surface area contributed by atoms with Crippen LogP contribution in [0.4, 0.5) is 0 Å². The monoisotopic (exact) mass is 438 g/mol. The van der Waals surface area contributed by atoms with Crippen molar-refractivity contribution in [2.45, 2.75) is 33.0 Å². The number of halogens is 1. The van der Waals surface area contributed by atoms with E-state index in [1.165, 1.54) is 0 Å². The second-order valence-corrected chi connectivity index (χ2v) is 7.98. The lowest BCUT2D eigenvalue weighted by Crippen LogP contribution is -2.38. The van der Waals surface area contributed by atoms with E-state index >= 15 is 0 Å². The molecule has 7 nitrogen and oxygen atoms in total. The van der Waals surface area contributed by atoms with Crippen molar-refractivity contribution in [2.75, 3.05) is 33.9 Å². The van der Waals surface area contributed by atoms with Crippen LogP contribution in [0.2, 0.25) is 5.02 Å². The standard InChI is InChI=1S/C20H27ClN4O3S/c1-5-22-20(25(3)11-15-12-29-19(24-15)13(2)26-4)23-10-14-8-16(21)18-17(9-14)27-6-7-28-18/h8-9,12-13H,5-7,10-11H2,1-4H3,(H,22,23). The van der Waals surface area contributed by atoms with E-state index < -0.39 is 0 Å². The van der Waals surface area contributed by atoms with Gasteiger partial charge in [0.2, 0.25) is 0 Å². The Labute approximate surface area is 180 Å². The molecule has 1 aliphatic heterocycles. The molecule has 0 saturated carbocycles. The van der Waals surface area contributed by atoms with Gasteiger partial charge in [-0.15, -0.1) is 11.3 Å². The normalized spacial score (nSPS) is 14.6. The van der Waals surface area contributed by atoms with Crippen LogP contribution >= 0.6 is 22.9 Å². The maximum absolute atomic E-state index is 6.34. The first kappa shape index (κ1) is 21.7. The molecule has 0 bridgehead atoms. The topological polar surface area (TPSA) is 68.2 Å². The molecule has 1 aromatic heterocycles. The van der Waals surface area contributed by atoms with Gasteiger partial charge in [0.05, 0.1) is 23.8 Å². The van der Waals surface area contributed by atoms with Crippen molar-refractivity contribution in [1.29, 1.82) is 0 Å². The maximum Gasteiger partial charge on any atom is 0.194 e. The van der Waals surface area contributed by atoms with Gasteiger partial charge in [0.15, 0.2) is 17.5 Å². The van der Waals surface area contributed by atoms with Gasteiger partial charge in [-0.05, 0) is 31.5 Å². The molecule has 0 radical (unpaired) electrons. The van der Waals surface area contributed by atoms with Gasteiger partial charge in [-0.2, -0.15) is 0 Å². The predicted octanol–water partition coefficient (Wildman–Crippen LogP) is 3.87. The maximum atomic E-state index is 6.34. The zero-order valence-electron chi connectivity index (χ0n) is 17.2. The highest BCUT2D eigenvalue weighted by Crippen LogP contribution is 2.38. The van der Waals surface area contributed by atoms with Crippen molar-refractivity contribution < 1.29 is 14.2 Å². The third-order valence-electron chi connectivity index (χ3n) is 4.43. The summed E-state index contributed by atoms with van der Waals surface area (Å²) in [6, 6.07) is 3.81. The molecule has 29 heavy (non-hydrogen) atoms. The molecule has 0 saturated heterocycles. The third kappa shape index (κ3) is 5.52. The first-order chi connectivity index (χ1) is 14.0. The molecule has 2 heterocycles. The largest absolute Gasteiger partial charge is 0.486 e. The molecule has 0 fully saturated rings. The number of aromatic nitrogens is 1. The Morgan fingerprint density at radius 1 is 1.41 bits per heavy atom. The lowest BCUT2D eigenvalue weighted by atomic mass is 10.2. The van der Waals surface area contributed by atoms with E-state index in [1.54, 1.807) is 18.4 Å². The van der Waals surface area contributed by atoms with Crippen molar-refractivity contribution in [1.82, 2.24) is 15.2 Å². The quantitative estimate of drug-likeness (QED) is 0.522. The summed E-state index contributed by atoms with van der Waals surface area (Å²) in [4.78, 5) is 11.5. The van der Waals surface area contributed by atoms with Crippen LogP contribution in [0.3, 0.4) is 0 Å². The van der Waals surface area contributed by atoms with E-state index in [9.17, 15) is 0 Å². The first-order valence-corrected chi connectivity index (χ1v) is 10.8. The summed E-state index contributed by atoms with van der Waals surface area (Å²) in [7, 11) is 3.69. The smallest absolute Gasteiger partial charge is 0.194 e. The Hall–Kier alpha value is -2.03. The minimum absolute atomic E-state index is 0.000849. The number of aliphatic imine (C=N–C) groups is 1. The Morgan fingerprint density at radius 2 is 2.21 bits per heavy atom. The number of hydrogen-bond acceptors (Lipinski definition) is 6. The average molecular weight is 439 g/mol. The fourth-order valence-electron chi connectivity index (χ4n) is 2.89. The fourth-order valence-corrected chi connectivity index (χ4v) is 4.02. The molecule has 3 rings (SSSR count). The van der Waals surface area contributed by atoms with Gasteiger partial charge in [-0.3, -0.25) is 0 Å². The van der Waals surface area contributed by atoms with Crippen LogP contribution in [0.15, 0.2) is 22.5 Å². The summed E-state index contributed by atoms with van der Waals surface area (Å²) in [6.07, 6.45) is 0.000849. The van der Waals surface area contributed by atoms with E-state index in [0.717, 1.165) is 28.8 Å². The summed E-state index contributed by atoms with van der Waals surface area (Å²) in [5.74, 6) is 2.08. The van der Waals surface area contributed by atoms with Crippen molar-refractivity contribution >= 4 is 28.9 Å². The van der Waals surface area contributed by atoms with Crippen molar-refractivity contribution in [3.05, 3.63) is 38.8 Å². The second-order valence-electron chi connectivity index (χ2n) is 6.68. The molecule has 1 N–H and O–H groups in total. The number of rotatable bonds is 7. The molecule has 2 aromatic rings. The van der Waals surface area contributed by atoms with E-state index in [2.05, 4.69) is 20.6 Å². The van der Waals surface area contributed by atoms with Gasteiger partial charge in [-0.1, -0.05) is 11.6 Å². The van der Waals surface area contributed by atoms with Crippen LogP contribution in [-0.4, -0.2) is 49.8 Å². The summed E-state index contributed by atoms with van der Waals surface area (Å²) in [5, 5.41) is 6.91.